The smallest absolute Gasteiger partial charge is 0.302 e. The summed E-state index contributed by atoms with van der Waals surface area (Å²) in [5.41, 5.74) is 0. The van der Waals surface area contributed by atoms with Gasteiger partial charge in [0.2, 0.25) is 0 Å². The van der Waals surface area contributed by atoms with Gasteiger partial charge >= 0.3 is 5.97 Å². The predicted octanol–water partition coefficient (Wildman–Crippen LogP) is 3.42. The molecule has 6 heteroatoms. The standard InChI is InChI=1S/C17H30O5Si/c1-8-11-19-16-10-9-14(15(21-16)12-20-13(2)18)22-23(6,7)17(3,4)5/h8-10,14-16H,1,11-12H2,2-7H3/t14-,15+,16-/m0/s1. The molecule has 0 aromatic heterocycles. The van der Waals surface area contributed by atoms with E-state index in [4.69, 9.17) is 18.6 Å². The second-order valence-corrected chi connectivity index (χ2v) is 12.0. The SMILES string of the molecule is C=CCO[C@@H]1C=C[C@H](O[Si](C)(C)C(C)(C)C)[C@@H](COC(C)=O)O1. The summed E-state index contributed by atoms with van der Waals surface area (Å²) in [7, 11) is -1.97. The van der Waals surface area contributed by atoms with Gasteiger partial charge in [0.25, 0.3) is 0 Å². The van der Waals surface area contributed by atoms with E-state index >= 15 is 0 Å². The fourth-order valence-corrected chi connectivity index (χ4v) is 3.11. The second-order valence-electron chi connectivity index (χ2n) is 7.20. The highest BCUT2D eigenvalue weighted by atomic mass is 28.4. The molecule has 1 rings (SSSR count). The second kappa shape index (κ2) is 8.24. The average Bonchev–Trinajstić information content (AvgIpc) is 2.43. The zero-order valence-corrected chi connectivity index (χ0v) is 16.1. The molecule has 0 spiro atoms. The monoisotopic (exact) mass is 342 g/mol. The van der Waals surface area contributed by atoms with Crippen molar-refractivity contribution in [1.29, 1.82) is 0 Å². The van der Waals surface area contributed by atoms with Crippen LogP contribution in [0.25, 0.3) is 0 Å². The lowest BCUT2D eigenvalue weighted by molar-refractivity contribution is -0.182. The summed E-state index contributed by atoms with van der Waals surface area (Å²) >= 11 is 0. The Morgan fingerprint density at radius 1 is 1.35 bits per heavy atom. The molecular weight excluding hydrogens is 312 g/mol. The number of hydrogen-bond acceptors (Lipinski definition) is 5. The van der Waals surface area contributed by atoms with Gasteiger partial charge in [-0.1, -0.05) is 32.9 Å². The van der Waals surface area contributed by atoms with E-state index in [1.54, 1.807) is 6.08 Å². The number of ether oxygens (including phenoxy) is 3. The Bertz CT molecular complexity index is 439. The van der Waals surface area contributed by atoms with E-state index in [1.807, 2.05) is 12.2 Å². The molecule has 0 fully saturated rings. The molecule has 23 heavy (non-hydrogen) atoms. The topological polar surface area (TPSA) is 54.0 Å². The van der Waals surface area contributed by atoms with Gasteiger partial charge in [-0.15, -0.1) is 6.58 Å². The molecule has 0 bridgehead atoms. The Balaban J connectivity index is 2.83. The Morgan fingerprint density at radius 2 is 2.00 bits per heavy atom. The van der Waals surface area contributed by atoms with Crippen molar-refractivity contribution in [3.8, 4) is 0 Å². The third kappa shape index (κ3) is 6.22. The number of rotatable bonds is 7. The van der Waals surface area contributed by atoms with E-state index in [1.165, 1.54) is 6.92 Å². The number of carbonyl (C=O) groups excluding carboxylic acids is 1. The molecule has 0 radical (unpaired) electrons. The van der Waals surface area contributed by atoms with Crippen LogP contribution >= 0.6 is 0 Å². The Hall–Kier alpha value is -0.953. The van der Waals surface area contributed by atoms with Gasteiger partial charge in [0.15, 0.2) is 14.6 Å². The van der Waals surface area contributed by atoms with Crippen LogP contribution < -0.4 is 0 Å². The van der Waals surface area contributed by atoms with Crippen LogP contribution in [0, 0.1) is 0 Å². The highest BCUT2D eigenvalue weighted by molar-refractivity contribution is 6.74. The summed E-state index contributed by atoms with van der Waals surface area (Å²) in [6.45, 7) is 16.5. The van der Waals surface area contributed by atoms with E-state index in [0.29, 0.717) is 6.61 Å². The maximum atomic E-state index is 11.1. The molecule has 1 aliphatic rings. The maximum Gasteiger partial charge on any atom is 0.302 e. The molecule has 0 saturated carbocycles. The Labute approximate surface area is 140 Å². The fourth-order valence-electron chi connectivity index (χ4n) is 1.84. The van der Waals surface area contributed by atoms with Gasteiger partial charge in [-0.2, -0.15) is 0 Å². The van der Waals surface area contributed by atoms with Crippen LogP contribution in [0.5, 0.6) is 0 Å². The van der Waals surface area contributed by atoms with Crippen molar-refractivity contribution >= 4 is 14.3 Å². The van der Waals surface area contributed by atoms with Gasteiger partial charge in [0.05, 0.1) is 12.7 Å². The molecule has 1 aliphatic heterocycles. The van der Waals surface area contributed by atoms with Crippen LogP contribution in [0.15, 0.2) is 24.8 Å². The summed E-state index contributed by atoms with van der Waals surface area (Å²) in [5.74, 6) is -0.335. The molecule has 0 N–H and O–H groups in total. The van der Waals surface area contributed by atoms with Gasteiger partial charge in [0, 0.05) is 6.92 Å². The van der Waals surface area contributed by atoms with Gasteiger partial charge in [-0.05, 0) is 24.2 Å². The lowest BCUT2D eigenvalue weighted by Crippen LogP contribution is -2.50. The average molecular weight is 343 g/mol. The van der Waals surface area contributed by atoms with Crippen molar-refractivity contribution in [1.82, 2.24) is 0 Å². The van der Waals surface area contributed by atoms with Crippen LogP contribution in [-0.2, 0) is 23.4 Å². The zero-order valence-electron chi connectivity index (χ0n) is 15.1. The number of carbonyl (C=O) groups is 1. The van der Waals surface area contributed by atoms with Crippen molar-refractivity contribution in [2.75, 3.05) is 13.2 Å². The third-order valence-electron chi connectivity index (χ3n) is 4.20. The number of hydrogen-bond donors (Lipinski definition) is 0. The van der Waals surface area contributed by atoms with Gasteiger partial charge in [0.1, 0.15) is 12.7 Å². The molecule has 0 amide bonds. The van der Waals surface area contributed by atoms with Crippen molar-refractivity contribution < 1.29 is 23.4 Å². The first kappa shape index (κ1) is 20.1. The number of esters is 1. The molecule has 0 aromatic rings. The summed E-state index contributed by atoms with van der Waals surface area (Å²) < 4.78 is 22.9. The summed E-state index contributed by atoms with van der Waals surface area (Å²) in [4.78, 5) is 11.1. The fraction of sp³-hybridized carbons (Fsp3) is 0.706. The highest BCUT2D eigenvalue weighted by Crippen LogP contribution is 2.38. The van der Waals surface area contributed by atoms with E-state index in [0.717, 1.165) is 0 Å². The first-order valence-electron chi connectivity index (χ1n) is 7.94. The summed E-state index contributed by atoms with van der Waals surface area (Å²) in [5, 5.41) is 0.0863. The van der Waals surface area contributed by atoms with Crippen LogP contribution in [0.1, 0.15) is 27.7 Å². The van der Waals surface area contributed by atoms with Gasteiger partial charge < -0.3 is 18.6 Å². The van der Waals surface area contributed by atoms with Crippen molar-refractivity contribution in [2.45, 2.75) is 64.3 Å². The largest absolute Gasteiger partial charge is 0.463 e. The van der Waals surface area contributed by atoms with Gasteiger partial charge in [-0.3, -0.25) is 4.79 Å². The molecule has 3 atom stereocenters. The zero-order chi connectivity index (χ0) is 17.7. The highest BCUT2D eigenvalue weighted by Gasteiger charge is 2.41. The Kier molecular flexibility index (Phi) is 7.19. The first-order chi connectivity index (χ1) is 10.6. The van der Waals surface area contributed by atoms with Crippen LogP contribution in [0.4, 0.5) is 0 Å². The molecule has 0 saturated heterocycles. The van der Waals surface area contributed by atoms with Gasteiger partial charge in [-0.25, -0.2) is 0 Å². The van der Waals surface area contributed by atoms with E-state index in [2.05, 4.69) is 40.4 Å². The summed E-state index contributed by atoms with van der Waals surface area (Å²) in [6, 6.07) is 0. The normalized spacial score (nSPS) is 25.2. The minimum Gasteiger partial charge on any atom is -0.463 e. The molecule has 5 nitrogen and oxygen atoms in total. The molecule has 0 aromatic carbocycles. The van der Waals surface area contributed by atoms with Crippen molar-refractivity contribution in [2.24, 2.45) is 0 Å². The van der Waals surface area contributed by atoms with Crippen LogP contribution in [0.2, 0.25) is 18.1 Å². The molecule has 0 aliphatic carbocycles. The molecule has 1 heterocycles. The van der Waals surface area contributed by atoms with E-state index in [9.17, 15) is 4.79 Å². The van der Waals surface area contributed by atoms with Crippen molar-refractivity contribution in [3.05, 3.63) is 24.8 Å². The maximum absolute atomic E-state index is 11.1. The molecule has 0 unspecified atom stereocenters. The van der Waals surface area contributed by atoms with E-state index in [-0.39, 0.29) is 29.8 Å². The minimum atomic E-state index is -1.97. The minimum absolute atomic E-state index is 0.0863. The summed E-state index contributed by atoms with van der Waals surface area (Å²) in [6.07, 6.45) is 4.34. The Morgan fingerprint density at radius 3 is 2.52 bits per heavy atom. The van der Waals surface area contributed by atoms with E-state index < -0.39 is 14.6 Å². The molecular formula is C17H30O5Si. The van der Waals surface area contributed by atoms with Crippen LogP contribution in [0.3, 0.4) is 0 Å². The van der Waals surface area contributed by atoms with Crippen LogP contribution in [-0.4, -0.2) is 46.0 Å². The first-order valence-corrected chi connectivity index (χ1v) is 10.8. The molecule has 132 valence electrons. The third-order valence-corrected chi connectivity index (χ3v) is 8.67. The predicted molar refractivity (Wildman–Crippen MR) is 92.7 cm³/mol. The lowest BCUT2D eigenvalue weighted by Gasteiger charge is -2.42. The lowest BCUT2D eigenvalue weighted by atomic mass is 10.1. The van der Waals surface area contributed by atoms with Crippen molar-refractivity contribution in [3.63, 3.8) is 0 Å². The quantitative estimate of drug-likeness (QED) is 0.403.